The number of aromatic hydroxyl groups is 1. The summed E-state index contributed by atoms with van der Waals surface area (Å²) < 4.78 is 11.7. The standard InChI is InChI=1S/C44H47N7O6S/c1-25(2)41(44(55)51-23-33(52)19-37(51)43(54)46-26(3)28-9-11-29(12-10-28)42-27(4)45-24-58-42)39-20-40(49-57-39)56-16-15-50-21-32(22-50)30-13-14-35-31(17-30)18-36(48-47-35)34-7-5-6-8-38(34)53/h5-14,17-18,20,24-26,32-33,37,41,52-53H,15-16,19,21-23H2,1-4H3,(H,46,54)/t26-,33+,37-,41+/m0/s1. The predicted molar refractivity (Wildman–Crippen MR) is 220 cm³/mol. The van der Waals surface area contributed by atoms with Crippen molar-refractivity contribution in [3.8, 4) is 33.3 Å². The first kappa shape index (κ1) is 39.1. The summed E-state index contributed by atoms with van der Waals surface area (Å²) in [4.78, 5) is 37.0. The molecule has 13 nitrogen and oxygen atoms in total. The highest BCUT2D eigenvalue weighted by Gasteiger charge is 2.43. The maximum Gasteiger partial charge on any atom is 0.254 e. The molecule has 4 atom stereocenters. The van der Waals surface area contributed by atoms with Crippen LogP contribution in [-0.2, 0) is 9.59 Å². The van der Waals surface area contributed by atoms with Gasteiger partial charge in [0.15, 0.2) is 5.76 Å². The molecule has 0 unspecified atom stereocenters. The number of ether oxygens (including phenoxy) is 1. The van der Waals surface area contributed by atoms with Crippen LogP contribution in [0.2, 0.25) is 0 Å². The largest absolute Gasteiger partial charge is 0.507 e. The number of hydrogen-bond donors (Lipinski definition) is 3. The van der Waals surface area contributed by atoms with Crippen molar-refractivity contribution in [3.05, 3.63) is 107 Å². The number of β-amino-alcohol motifs (C(OH)–C–C–N with tert-alkyl or cyclic N) is 1. The van der Waals surface area contributed by atoms with Gasteiger partial charge in [0, 0.05) is 55.5 Å². The second-order valence-corrected chi connectivity index (χ2v) is 16.5. The summed E-state index contributed by atoms with van der Waals surface area (Å²) >= 11 is 1.59. The third-order valence-corrected chi connectivity index (χ3v) is 12.2. The third-order valence-electron chi connectivity index (χ3n) is 11.3. The van der Waals surface area contributed by atoms with E-state index in [2.05, 4.69) is 42.7 Å². The normalized spacial score (nSPS) is 18.3. The van der Waals surface area contributed by atoms with Crippen LogP contribution >= 0.6 is 11.3 Å². The molecule has 0 saturated carbocycles. The van der Waals surface area contributed by atoms with Gasteiger partial charge in [0.05, 0.1) is 39.4 Å². The van der Waals surface area contributed by atoms with E-state index in [0.29, 0.717) is 42.0 Å². The summed E-state index contributed by atoms with van der Waals surface area (Å²) in [5.74, 6) is -0.317. The number of nitrogens with zero attached hydrogens (tertiary/aromatic N) is 6. The van der Waals surface area contributed by atoms with Gasteiger partial charge in [0.25, 0.3) is 5.88 Å². The smallest absolute Gasteiger partial charge is 0.254 e. The van der Waals surface area contributed by atoms with Gasteiger partial charge in [0.1, 0.15) is 24.3 Å². The third kappa shape index (κ3) is 8.17. The zero-order valence-electron chi connectivity index (χ0n) is 32.9. The first-order valence-corrected chi connectivity index (χ1v) is 20.6. The number of thiazole rings is 1. The number of aromatic nitrogens is 4. The molecule has 0 spiro atoms. The number of likely N-dealkylation sites (tertiary alicyclic amines) is 2. The molecule has 58 heavy (non-hydrogen) atoms. The monoisotopic (exact) mass is 801 g/mol. The molecule has 3 aromatic heterocycles. The number of nitrogens with one attached hydrogen (secondary N) is 1. The van der Waals surface area contributed by atoms with Crippen LogP contribution in [0.4, 0.5) is 0 Å². The quantitative estimate of drug-likeness (QED) is 0.117. The van der Waals surface area contributed by atoms with E-state index in [-0.39, 0.29) is 42.5 Å². The Balaban J connectivity index is 0.843. The highest BCUT2D eigenvalue weighted by Crippen LogP contribution is 2.35. The molecular formula is C44H47N7O6S. The van der Waals surface area contributed by atoms with E-state index < -0.39 is 18.1 Å². The minimum Gasteiger partial charge on any atom is -0.507 e. The van der Waals surface area contributed by atoms with Crippen LogP contribution in [0.3, 0.4) is 0 Å². The van der Waals surface area contributed by atoms with Crippen molar-refractivity contribution in [1.29, 1.82) is 0 Å². The Hall–Kier alpha value is -5.70. The van der Waals surface area contributed by atoms with Gasteiger partial charge < -0.3 is 29.7 Å². The number of benzene rings is 3. The SMILES string of the molecule is Cc1ncsc1-c1ccc([C@H](C)NC(=O)[C@@H]2C[C@@H](O)CN2C(=O)[C@@H](c2cc(OCCN3CC(c4ccc5nnc(-c6ccccc6O)cc5c4)C3)no2)C(C)C)cc1. The highest BCUT2D eigenvalue weighted by molar-refractivity contribution is 7.13. The van der Waals surface area contributed by atoms with Crippen molar-refractivity contribution < 1.29 is 29.1 Å². The van der Waals surface area contributed by atoms with Crippen molar-refractivity contribution in [3.63, 3.8) is 0 Å². The zero-order valence-corrected chi connectivity index (χ0v) is 33.7. The molecule has 0 radical (unpaired) electrons. The number of carbonyl (C=O) groups excluding carboxylic acids is 2. The Morgan fingerprint density at radius 2 is 1.79 bits per heavy atom. The molecule has 3 aromatic carbocycles. The number of aryl methyl sites for hydroxylation is 1. The first-order chi connectivity index (χ1) is 28.0. The molecular weight excluding hydrogens is 755 g/mol. The summed E-state index contributed by atoms with van der Waals surface area (Å²) in [6, 6.07) is 23.9. The maximum absolute atomic E-state index is 14.1. The molecule has 6 aromatic rings. The minimum atomic E-state index is -0.825. The molecule has 3 N–H and O–H groups in total. The molecule has 2 fully saturated rings. The Kier molecular flexibility index (Phi) is 11.2. The van der Waals surface area contributed by atoms with E-state index in [4.69, 9.17) is 9.26 Å². The number of aliphatic hydroxyl groups is 1. The Labute approximate surface area is 340 Å². The second-order valence-electron chi connectivity index (χ2n) is 15.7. The molecule has 2 amide bonds. The van der Waals surface area contributed by atoms with E-state index in [0.717, 1.165) is 45.7 Å². The lowest BCUT2D eigenvalue weighted by Gasteiger charge is -2.39. The predicted octanol–water partition coefficient (Wildman–Crippen LogP) is 6.48. The first-order valence-electron chi connectivity index (χ1n) is 19.7. The average Bonchev–Trinajstić information content (AvgIpc) is 3.95. The summed E-state index contributed by atoms with van der Waals surface area (Å²) in [5.41, 5.74) is 8.11. The fraction of sp³-hybridized carbons (Fsp3) is 0.364. The number of para-hydroxylation sites is 1. The zero-order chi connectivity index (χ0) is 40.5. The number of phenols is 1. The second kappa shape index (κ2) is 16.6. The van der Waals surface area contributed by atoms with Crippen molar-refractivity contribution in [1.82, 2.24) is 35.5 Å². The summed E-state index contributed by atoms with van der Waals surface area (Å²) in [5, 5.41) is 37.8. The molecule has 2 aliphatic heterocycles. The fourth-order valence-electron chi connectivity index (χ4n) is 7.98. The van der Waals surface area contributed by atoms with Crippen LogP contribution in [0.5, 0.6) is 11.6 Å². The number of phenolic OH excluding ortho intramolecular Hbond substituents is 1. The maximum atomic E-state index is 14.1. The molecule has 300 valence electrons. The van der Waals surface area contributed by atoms with E-state index in [9.17, 15) is 19.8 Å². The van der Waals surface area contributed by atoms with Crippen molar-refractivity contribution in [2.45, 2.75) is 64.1 Å². The number of rotatable bonds is 13. The van der Waals surface area contributed by atoms with Gasteiger partial charge >= 0.3 is 0 Å². The number of carbonyl (C=O) groups is 2. The Morgan fingerprint density at radius 3 is 2.53 bits per heavy atom. The summed E-state index contributed by atoms with van der Waals surface area (Å²) in [6.45, 7) is 10.6. The van der Waals surface area contributed by atoms with Crippen LogP contribution < -0.4 is 10.1 Å². The van der Waals surface area contributed by atoms with Gasteiger partial charge in [-0.05, 0) is 71.9 Å². The minimum absolute atomic E-state index is 0.0539. The van der Waals surface area contributed by atoms with Crippen LogP contribution in [-0.4, -0.2) is 97.1 Å². The van der Waals surface area contributed by atoms with Gasteiger partial charge in [-0.3, -0.25) is 14.5 Å². The average molecular weight is 802 g/mol. The number of amides is 2. The van der Waals surface area contributed by atoms with Crippen molar-refractivity contribution in [2.24, 2.45) is 5.92 Å². The molecule has 2 saturated heterocycles. The fourth-order valence-corrected chi connectivity index (χ4v) is 8.80. The van der Waals surface area contributed by atoms with Crippen LogP contribution in [0.15, 0.2) is 88.9 Å². The van der Waals surface area contributed by atoms with Gasteiger partial charge in [-0.25, -0.2) is 4.98 Å². The Bertz CT molecular complexity index is 2410. The number of hydrogen-bond acceptors (Lipinski definition) is 12. The van der Waals surface area contributed by atoms with Gasteiger partial charge in [-0.1, -0.05) is 56.3 Å². The van der Waals surface area contributed by atoms with Gasteiger partial charge in [0.2, 0.25) is 11.8 Å². The topological polar surface area (TPSA) is 167 Å². The van der Waals surface area contributed by atoms with E-state index >= 15 is 0 Å². The van der Waals surface area contributed by atoms with E-state index in [1.165, 1.54) is 10.5 Å². The molecule has 5 heterocycles. The van der Waals surface area contributed by atoms with Crippen molar-refractivity contribution >= 4 is 34.1 Å². The van der Waals surface area contributed by atoms with Crippen LogP contribution in [0.1, 0.15) is 67.7 Å². The van der Waals surface area contributed by atoms with Crippen LogP contribution in [0.25, 0.3) is 32.6 Å². The highest BCUT2D eigenvalue weighted by atomic mass is 32.1. The number of fused-ring (bicyclic) bond motifs is 1. The van der Waals surface area contributed by atoms with Crippen molar-refractivity contribution in [2.75, 3.05) is 32.8 Å². The molecule has 14 heteroatoms. The van der Waals surface area contributed by atoms with E-state index in [1.807, 2.05) is 81.7 Å². The van der Waals surface area contributed by atoms with Gasteiger partial charge in [-0.2, -0.15) is 0 Å². The van der Waals surface area contributed by atoms with Crippen LogP contribution in [0, 0.1) is 12.8 Å². The Morgan fingerprint density at radius 1 is 1.00 bits per heavy atom. The molecule has 0 aliphatic carbocycles. The van der Waals surface area contributed by atoms with E-state index in [1.54, 1.807) is 29.5 Å². The summed E-state index contributed by atoms with van der Waals surface area (Å²) in [6.07, 6.45) is -0.672. The lowest BCUT2D eigenvalue weighted by atomic mass is 9.90. The molecule has 2 aliphatic rings. The lowest BCUT2D eigenvalue weighted by Crippen LogP contribution is -2.48. The lowest BCUT2D eigenvalue weighted by molar-refractivity contribution is -0.141. The van der Waals surface area contributed by atoms with Gasteiger partial charge in [-0.15, -0.1) is 21.5 Å². The molecule has 8 rings (SSSR count). The molecule has 0 bridgehead atoms. The summed E-state index contributed by atoms with van der Waals surface area (Å²) in [7, 11) is 0. The number of aliphatic hydroxyl groups excluding tert-OH is 1.